The monoisotopic (exact) mass is 293 g/mol. The van der Waals surface area contributed by atoms with Crippen molar-refractivity contribution in [2.45, 2.75) is 38.5 Å². The van der Waals surface area contributed by atoms with Crippen LogP contribution in [-0.4, -0.2) is 51.0 Å². The van der Waals surface area contributed by atoms with Crippen molar-refractivity contribution in [2.24, 2.45) is 0 Å². The molecule has 0 aromatic carbocycles. The number of nitrogens with one attached hydrogen (secondary N) is 1. The molecule has 1 N–H and O–H groups in total. The van der Waals surface area contributed by atoms with Crippen LogP contribution in [0, 0.1) is 0 Å². The minimum absolute atomic E-state index is 0.125. The lowest BCUT2D eigenvalue weighted by Gasteiger charge is -2.19. The number of rotatable bonds is 7. The highest BCUT2D eigenvalue weighted by molar-refractivity contribution is 5.46. The highest BCUT2D eigenvalue weighted by atomic mass is 16.5. The molecule has 2 rings (SSSR count). The summed E-state index contributed by atoms with van der Waals surface area (Å²) < 4.78 is 11.0. The first-order valence-corrected chi connectivity index (χ1v) is 7.69. The van der Waals surface area contributed by atoms with E-state index in [0.29, 0.717) is 0 Å². The fourth-order valence-electron chi connectivity index (χ4n) is 2.71. The summed E-state index contributed by atoms with van der Waals surface area (Å²) in [5.41, 5.74) is 2.21. The van der Waals surface area contributed by atoms with E-state index in [0.717, 1.165) is 37.4 Å². The first kappa shape index (κ1) is 16.2. The van der Waals surface area contributed by atoms with Gasteiger partial charge in [-0.25, -0.2) is 0 Å². The summed E-state index contributed by atoms with van der Waals surface area (Å²) in [5, 5.41) is 3.45. The Bertz CT molecular complexity index is 412. The molecule has 0 saturated carbocycles. The second-order valence-electron chi connectivity index (χ2n) is 5.57. The Morgan fingerprint density at radius 2 is 1.95 bits per heavy atom. The van der Waals surface area contributed by atoms with Gasteiger partial charge in [-0.15, -0.1) is 0 Å². The number of anilines is 1. The quantitative estimate of drug-likeness (QED) is 0.833. The van der Waals surface area contributed by atoms with E-state index in [1.807, 2.05) is 6.20 Å². The van der Waals surface area contributed by atoms with Crippen LogP contribution in [0.4, 0.5) is 5.69 Å². The second-order valence-corrected chi connectivity index (χ2v) is 5.57. The lowest BCUT2D eigenvalue weighted by Crippen LogP contribution is -2.27. The average Bonchev–Trinajstić information content (AvgIpc) is 2.96. The molecule has 2 heterocycles. The van der Waals surface area contributed by atoms with Crippen LogP contribution in [-0.2, 0) is 9.47 Å². The third-order valence-corrected chi connectivity index (χ3v) is 4.10. The Morgan fingerprint density at radius 3 is 2.43 bits per heavy atom. The van der Waals surface area contributed by atoms with Crippen LogP contribution in [0.2, 0.25) is 0 Å². The molecule has 3 atom stereocenters. The van der Waals surface area contributed by atoms with Crippen molar-refractivity contribution in [3.63, 3.8) is 0 Å². The predicted molar refractivity (Wildman–Crippen MR) is 84.8 cm³/mol. The van der Waals surface area contributed by atoms with Crippen LogP contribution in [0.25, 0.3) is 0 Å². The Kier molecular flexibility index (Phi) is 5.96. The third kappa shape index (κ3) is 3.93. The number of pyridine rings is 1. The molecule has 0 radical (unpaired) electrons. The van der Waals surface area contributed by atoms with Gasteiger partial charge >= 0.3 is 0 Å². The maximum Gasteiger partial charge on any atom is 0.102 e. The van der Waals surface area contributed by atoms with Crippen molar-refractivity contribution in [3.8, 4) is 0 Å². The third-order valence-electron chi connectivity index (χ3n) is 4.10. The van der Waals surface area contributed by atoms with Crippen LogP contribution in [0.5, 0.6) is 0 Å². The van der Waals surface area contributed by atoms with E-state index in [9.17, 15) is 0 Å². The van der Waals surface area contributed by atoms with E-state index in [-0.39, 0.29) is 18.2 Å². The van der Waals surface area contributed by atoms with E-state index in [1.165, 1.54) is 0 Å². The molecule has 1 aliphatic heterocycles. The topological polar surface area (TPSA) is 46.6 Å². The molecule has 1 aromatic heterocycles. The van der Waals surface area contributed by atoms with E-state index in [4.69, 9.17) is 9.47 Å². The maximum atomic E-state index is 5.48. The molecule has 21 heavy (non-hydrogen) atoms. The smallest absolute Gasteiger partial charge is 0.102 e. The molecule has 3 unspecified atom stereocenters. The molecule has 118 valence electrons. The number of nitrogens with zero attached hydrogens (tertiary/aromatic N) is 2. The lowest BCUT2D eigenvalue weighted by atomic mass is 10.2. The maximum absolute atomic E-state index is 5.48. The molecule has 0 spiro atoms. The van der Waals surface area contributed by atoms with Gasteiger partial charge in [0.25, 0.3) is 0 Å². The minimum Gasteiger partial charge on any atom is -0.377 e. The van der Waals surface area contributed by atoms with E-state index in [1.54, 1.807) is 14.2 Å². The molecule has 1 aromatic rings. The highest BCUT2D eigenvalue weighted by Crippen LogP contribution is 2.23. The zero-order valence-corrected chi connectivity index (χ0v) is 13.5. The van der Waals surface area contributed by atoms with Gasteiger partial charge in [0.2, 0.25) is 0 Å². The van der Waals surface area contributed by atoms with Crippen LogP contribution in [0.3, 0.4) is 0 Å². The largest absolute Gasteiger partial charge is 0.377 e. The van der Waals surface area contributed by atoms with E-state index < -0.39 is 0 Å². The molecular weight excluding hydrogens is 266 g/mol. The van der Waals surface area contributed by atoms with Gasteiger partial charge in [-0.2, -0.15) is 0 Å². The zero-order valence-electron chi connectivity index (χ0n) is 13.5. The molecule has 5 nitrogen and oxygen atoms in total. The molecule has 0 amide bonds. The standard InChI is InChI=1S/C16H27N3O2/c1-5-8-17-12(2)14-7-6-13(9-18-14)19-10-15(20-3)16(11-19)21-4/h6-7,9,12,15-17H,5,8,10-11H2,1-4H3. The van der Waals surface area contributed by atoms with Gasteiger partial charge in [0.1, 0.15) is 12.2 Å². The number of hydrogen-bond acceptors (Lipinski definition) is 5. The summed E-state index contributed by atoms with van der Waals surface area (Å²) >= 11 is 0. The first-order chi connectivity index (χ1) is 10.2. The van der Waals surface area contributed by atoms with Crippen LogP contribution in [0.15, 0.2) is 18.3 Å². The van der Waals surface area contributed by atoms with Crippen molar-refractivity contribution in [1.29, 1.82) is 0 Å². The highest BCUT2D eigenvalue weighted by Gasteiger charge is 2.33. The number of ether oxygens (including phenoxy) is 2. The van der Waals surface area contributed by atoms with Gasteiger partial charge < -0.3 is 19.7 Å². The SMILES string of the molecule is CCCNC(C)c1ccc(N2CC(OC)C(OC)C2)cn1. The fraction of sp³-hybridized carbons (Fsp3) is 0.688. The Morgan fingerprint density at radius 1 is 1.29 bits per heavy atom. The summed E-state index contributed by atoms with van der Waals surface area (Å²) in [5.74, 6) is 0. The van der Waals surface area contributed by atoms with Gasteiger partial charge in [0, 0.05) is 33.4 Å². The summed E-state index contributed by atoms with van der Waals surface area (Å²) in [4.78, 5) is 6.86. The van der Waals surface area contributed by atoms with Crippen molar-refractivity contribution >= 4 is 5.69 Å². The molecule has 0 bridgehead atoms. The van der Waals surface area contributed by atoms with Crippen molar-refractivity contribution < 1.29 is 9.47 Å². The van der Waals surface area contributed by atoms with Crippen LogP contribution >= 0.6 is 0 Å². The van der Waals surface area contributed by atoms with Gasteiger partial charge in [-0.1, -0.05) is 6.92 Å². The Balaban J connectivity index is 1.99. The van der Waals surface area contributed by atoms with E-state index >= 15 is 0 Å². The Labute approximate surface area is 127 Å². The lowest BCUT2D eigenvalue weighted by molar-refractivity contribution is -0.00461. The number of methoxy groups -OCH3 is 2. The molecule has 1 saturated heterocycles. The molecular formula is C16H27N3O2. The van der Waals surface area contributed by atoms with Crippen LogP contribution < -0.4 is 10.2 Å². The van der Waals surface area contributed by atoms with Gasteiger partial charge in [0.05, 0.1) is 17.6 Å². The summed E-state index contributed by atoms with van der Waals surface area (Å²) in [6.45, 7) is 7.03. The van der Waals surface area contributed by atoms with Crippen molar-refractivity contribution in [3.05, 3.63) is 24.0 Å². The fourth-order valence-corrected chi connectivity index (χ4v) is 2.71. The number of aromatic nitrogens is 1. The van der Waals surface area contributed by atoms with Gasteiger partial charge in [-0.3, -0.25) is 4.98 Å². The molecule has 5 heteroatoms. The Hall–Kier alpha value is -1.17. The molecule has 1 fully saturated rings. The van der Waals surface area contributed by atoms with Crippen molar-refractivity contribution in [2.75, 3.05) is 38.8 Å². The first-order valence-electron chi connectivity index (χ1n) is 7.69. The van der Waals surface area contributed by atoms with Gasteiger partial charge in [-0.05, 0) is 32.0 Å². The minimum atomic E-state index is 0.125. The second kappa shape index (κ2) is 7.73. The van der Waals surface area contributed by atoms with Crippen molar-refractivity contribution in [1.82, 2.24) is 10.3 Å². The normalized spacial score (nSPS) is 23.5. The number of hydrogen-bond donors (Lipinski definition) is 1. The summed E-state index contributed by atoms with van der Waals surface area (Å²) in [6, 6.07) is 4.53. The summed E-state index contributed by atoms with van der Waals surface area (Å²) in [6.07, 6.45) is 3.33. The van der Waals surface area contributed by atoms with E-state index in [2.05, 4.69) is 41.2 Å². The molecule has 0 aliphatic carbocycles. The van der Waals surface area contributed by atoms with Gasteiger partial charge in [0.15, 0.2) is 0 Å². The predicted octanol–water partition coefficient (Wildman–Crippen LogP) is 1.99. The average molecular weight is 293 g/mol. The van der Waals surface area contributed by atoms with Crippen LogP contribution in [0.1, 0.15) is 32.0 Å². The summed E-state index contributed by atoms with van der Waals surface area (Å²) in [7, 11) is 3.48. The molecule has 1 aliphatic rings. The zero-order chi connectivity index (χ0) is 15.2.